The zero-order valence-corrected chi connectivity index (χ0v) is 22.7. The number of carbonyl (C=O) groups is 2. The maximum absolute atomic E-state index is 11.7. The third-order valence-electron chi connectivity index (χ3n) is 5.98. The van der Waals surface area contributed by atoms with E-state index in [2.05, 4.69) is 9.97 Å². The Morgan fingerprint density at radius 3 is 1.82 bits per heavy atom. The number of nitrogen functional groups attached to an aromatic ring is 1. The van der Waals surface area contributed by atoms with E-state index in [-0.39, 0.29) is 5.56 Å². The van der Waals surface area contributed by atoms with Crippen LogP contribution >= 0.6 is 11.6 Å². The molecule has 0 fully saturated rings. The summed E-state index contributed by atoms with van der Waals surface area (Å²) < 4.78 is 16.3. The molecule has 0 aliphatic heterocycles. The number of halogens is 1. The average molecular weight is 560 g/mol. The Labute approximate surface area is 234 Å². The van der Waals surface area contributed by atoms with Crippen molar-refractivity contribution >= 4 is 50.9 Å². The molecule has 3 aromatic carbocycles. The van der Waals surface area contributed by atoms with Gasteiger partial charge in [-0.2, -0.15) is 0 Å². The van der Waals surface area contributed by atoms with Gasteiger partial charge in [-0.25, -0.2) is 0 Å². The van der Waals surface area contributed by atoms with Crippen LogP contribution in [0.15, 0.2) is 67.0 Å². The first-order valence-electron chi connectivity index (χ1n) is 11.9. The number of benzene rings is 3. The van der Waals surface area contributed by atoms with E-state index in [1.807, 2.05) is 13.0 Å². The van der Waals surface area contributed by atoms with Crippen LogP contribution < -0.4 is 31.4 Å². The number of fused-ring (bicyclic) bond motifs is 2. The van der Waals surface area contributed by atoms with E-state index in [1.54, 1.807) is 60.9 Å². The van der Waals surface area contributed by atoms with Crippen LogP contribution in [0.1, 0.15) is 26.3 Å². The highest BCUT2D eigenvalue weighted by atomic mass is 35.5. The van der Waals surface area contributed by atoms with Gasteiger partial charge in [0.1, 0.15) is 23.0 Å². The fourth-order valence-electron chi connectivity index (χ4n) is 4.01. The molecule has 2 amide bonds. The summed E-state index contributed by atoms with van der Waals surface area (Å²) in [5, 5.41) is 1.87. The molecule has 5 rings (SSSR count). The molecule has 11 heteroatoms. The van der Waals surface area contributed by atoms with Crippen LogP contribution in [0.2, 0.25) is 5.02 Å². The minimum Gasteiger partial charge on any atom is -0.496 e. The Bertz CT molecular complexity index is 1760. The summed E-state index contributed by atoms with van der Waals surface area (Å²) in [5.41, 5.74) is 19.9. The summed E-state index contributed by atoms with van der Waals surface area (Å²) in [6.07, 6.45) is 3.22. The topological polar surface area (TPSA) is 166 Å². The van der Waals surface area contributed by atoms with Crippen LogP contribution in [-0.4, -0.2) is 36.0 Å². The number of primary amides is 2. The molecule has 0 bridgehead atoms. The first-order valence-corrected chi connectivity index (χ1v) is 12.2. The average Bonchev–Trinajstić information content (AvgIpc) is 2.93. The smallest absolute Gasteiger partial charge is 0.252 e. The number of ether oxygens (including phenoxy) is 3. The summed E-state index contributed by atoms with van der Waals surface area (Å²) in [6.45, 7) is 1.91. The molecule has 6 N–H and O–H groups in total. The lowest BCUT2D eigenvalue weighted by Crippen LogP contribution is -2.12. The van der Waals surface area contributed by atoms with Crippen LogP contribution in [0, 0.1) is 6.92 Å². The number of nitrogens with zero attached hydrogens (tertiary/aromatic N) is 2. The van der Waals surface area contributed by atoms with Gasteiger partial charge in [-0.1, -0.05) is 11.6 Å². The summed E-state index contributed by atoms with van der Waals surface area (Å²) in [5.74, 6) is 0.884. The molecule has 0 radical (unpaired) electrons. The van der Waals surface area contributed by atoms with Gasteiger partial charge in [-0.3, -0.25) is 19.6 Å². The number of anilines is 1. The van der Waals surface area contributed by atoms with Crippen molar-refractivity contribution in [2.75, 3.05) is 20.0 Å². The van der Waals surface area contributed by atoms with Gasteiger partial charge in [0, 0.05) is 41.0 Å². The van der Waals surface area contributed by atoms with E-state index < -0.39 is 11.8 Å². The number of rotatable bonds is 6. The molecule has 40 heavy (non-hydrogen) atoms. The van der Waals surface area contributed by atoms with Crippen molar-refractivity contribution in [1.82, 2.24) is 9.97 Å². The van der Waals surface area contributed by atoms with E-state index in [4.69, 9.17) is 43.0 Å². The highest BCUT2D eigenvalue weighted by Crippen LogP contribution is 2.34. The van der Waals surface area contributed by atoms with Crippen LogP contribution in [-0.2, 0) is 0 Å². The molecule has 0 saturated heterocycles. The van der Waals surface area contributed by atoms with Crippen LogP contribution in [0.3, 0.4) is 0 Å². The fourth-order valence-corrected chi connectivity index (χ4v) is 4.21. The Hall–Kier alpha value is -5.09. The van der Waals surface area contributed by atoms with Crippen LogP contribution in [0.4, 0.5) is 5.69 Å². The van der Waals surface area contributed by atoms with Gasteiger partial charge in [0.15, 0.2) is 0 Å². The zero-order chi connectivity index (χ0) is 29.0. The third-order valence-corrected chi connectivity index (χ3v) is 6.31. The third kappa shape index (κ3) is 5.82. The maximum atomic E-state index is 11.7. The van der Waals surface area contributed by atoms with Crippen molar-refractivity contribution in [2.24, 2.45) is 11.5 Å². The largest absolute Gasteiger partial charge is 0.496 e. The number of carbonyl (C=O) groups excluding carboxylic acids is 2. The molecule has 0 unspecified atom stereocenters. The van der Waals surface area contributed by atoms with E-state index in [9.17, 15) is 9.59 Å². The zero-order valence-electron chi connectivity index (χ0n) is 21.9. The van der Waals surface area contributed by atoms with E-state index in [0.717, 1.165) is 5.56 Å². The van der Waals surface area contributed by atoms with E-state index in [1.165, 1.54) is 14.2 Å². The van der Waals surface area contributed by atoms with Gasteiger partial charge in [0.25, 0.3) is 11.8 Å². The lowest BCUT2D eigenvalue weighted by Gasteiger charge is -2.13. The van der Waals surface area contributed by atoms with Crippen molar-refractivity contribution in [3.8, 4) is 23.0 Å². The molecule has 2 heterocycles. The van der Waals surface area contributed by atoms with Crippen molar-refractivity contribution in [1.29, 1.82) is 0 Å². The van der Waals surface area contributed by atoms with Crippen molar-refractivity contribution in [3.05, 3.63) is 88.7 Å². The standard InChI is InChI=1S/C18H17N3O3.C11H9ClN2O2/c1-10-7-11(19)3-4-15(10)24-16-5-6-21-14-9-17(23-2)13(18(20)22)8-12(14)16;1-16-10-5-9-6(4-7(10)11(13)15)8(12)2-3-14-9/h3-9H,19H2,1-2H3,(H2,20,22);2-5H,1H3,(H2,13,15). The fraction of sp³-hybridized carbons (Fsp3) is 0.103. The van der Waals surface area contributed by atoms with Gasteiger partial charge in [-0.15, -0.1) is 0 Å². The first-order chi connectivity index (χ1) is 19.1. The number of hydrogen-bond acceptors (Lipinski definition) is 8. The lowest BCUT2D eigenvalue weighted by atomic mass is 10.1. The SMILES string of the molecule is COc1cc2nccc(Cl)c2cc1C(N)=O.COc1cc2nccc(Oc3ccc(N)cc3C)c2cc1C(N)=O. The second-order valence-corrected chi connectivity index (χ2v) is 9.00. The van der Waals surface area contributed by atoms with E-state index >= 15 is 0 Å². The number of aromatic nitrogens is 2. The number of amides is 2. The molecule has 0 aliphatic rings. The Kier molecular flexibility index (Phi) is 8.20. The van der Waals surface area contributed by atoms with Crippen molar-refractivity contribution in [3.63, 3.8) is 0 Å². The minimum atomic E-state index is -0.577. The van der Waals surface area contributed by atoms with Crippen molar-refractivity contribution in [2.45, 2.75) is 6.92 Å². The molecule has 0 aliphatic carbocycles. The molecule has 0 spiro atoms. The van der Waals surface area contributed by atoms with Gasteiger partial charge >= 0.3 is 0 Å². The number of methoxy groups -OCH3 is 2. The predicted molar refractivity (Wildman–Crippen MR) is 154 cm³/mol. The monoisotopic (exact) mass is 559 g/mol. The summed E-state index contributed by atoms with van der Waals surface area (Å²) in [7, 11) is 2.95. The molecule has 10 nitrogen and oxygen atoms in total. The first kappa shape index (κ1) is 27.9. The molecule has 5 aromatic rings. The van der Waals surface area contributed by atoms with Crippen molar-refractivity contribution < 1.29 is 23.8 Å². The Morgan fingerprint density at radius 1 is 0.725 bits per heavy atom. The maximum Gasteiger partial charge on any atom is 0.252 e. The molecule has 0 atom stereocenters. The highest BCUT2D eigenvalue weighted by Gasteiger charge is 2.15. The second-order valence-electron chi connectivity index (χ2n) is 8.60. The summed E-state index contributed by atoms with van der Waals surface area (Å²) in [4.78, 5) is 31.3. The van der Waals surface area contributed by atoms with Gasteiger partial charge in [0.2, 0.25) is 0 Å². The number of hydrogen-bond donors (Lipinski definition) is 3. The molecular weight excluding hydrogens is 534 g/mol. The second kappa shape index (κ2) is 11.7. The molecular formula is C29H26ClN5O5. The van der Waals surface area contributed by atoms with Gasteiger partial charge in [0.05, 0.1) is 41.4 Å². The number of aryl methyl sites for hydroxylation is 1. The number of pyridine rings is 2. The van der Waals surface area contributed by atoms with E-state index in [0.29, 0.717) is 61.1 Å². The number of nitrogens with two attached hydrogens (primary N) is 3. The molecule has 204 valence electrons. The lowest BCUT2D eigenvalue weighted by molar-refractivity contribution is 0.0989. The summed E-state index contributed by atoms with van der Waals surface area (Å²) in [6, 6.07) is 15.3. The molecule has 0 saturated carbocycles. The van der Waals surface area contributed by atoms with Crippen LogP contribution in [0.25, 0.3) is 21.8 Å². The summed E-state index contributed by atoms with van der Waals surface area (Å²) >= 11 is 6.00. The van der Waals surface area contributed by atoms with Crippen LogP contribution in [0.5, 0.6) is 23.0 Å². The molecule has 2 aromatic heterocycles. The van der Waals surface area contributed by atoms with Gasteiger partial charge < -0.3 is 31.4 Å². The quantitative estimate of drug-likeness (QED) is 0.244. The normalized spacial score (nSPS) is 10.5. The predicted octanol–water partition coefficient (Wildman–Crippen LogP) is 5.02. The van der Waals surface area contributed by atoms with Gasteiger partial charge in [-0.05, 0) is 55.0 Å². The Morgan fingerprint density at radius 2 is 1.27 bits per heavy atom. The highest BCUT2D eigenvalue weighted by molar-refractivity contribution is 6.35. The minimum absolute atomic E-state index is 0.275. The Balaban J connectivity index is 0.000000201.